The predicted octanol–water partition coefficient (Wildman–Crippen LogP) is 2.32. The largest absolute Gasteiger partial charge is 0.465 e. The van der Waals surface area contributed by atoms with Crippen LogP contribution >= 0.6 is 11.6 Å². The predicted molar refractivity (Wildman–Crippen MR) is 66.8 cm³/mol. The van der Waals surface area contributed by atoms with Gasteiger partial charge < -0.3 is 4.74 Å². The van der Waals surface area contributed by atoms with Crippen molar-refractivity contribution >= 4 is 34.1 Å². The molecule has 5 nitrogen and oxygen atoms in total. The Hall–Kier alpha value is -2.14. The van der Waals surface area contributed by atoms with Crippen LogP contribution in [0, 0.1) is 0 Å². The highest BCUT2D eigenvalue weighted by Gasteiger charge is 2.11. The number of halogens is 1. The molecule has 0 saturated heterocycles. The van der Waals surface area contributed by atoms with Gasteiger partial charge in [-0.3, -0.25) is 4.40 Å². The third-order valence-electron chi connectivity index (χ3n) is 2.72. The number of ether oxygens (including phenoxy) is 1. The van der Waals surface area contributed by atoms with Crippen molar-refractivity contribution in [2.24, 2.45) is 0 Å². The number of esters is 1. The zero-order chi connectivity index (χ0) is 12.7. The van der Waals surface area contributed by atoms with Gasteiger partial charge in [0.2, 0.25) is 0 Å². The van der Waals surface area contributed by atoms with Gasteiger partial charge in [-0.15, -0.1) is 0 Å². The van der Waals surface area contributed by atoms with Crippen LogP contribution in [-0.4, -0.2) is 27.4 Å². The number of imidazole rings is 1. The van der Waals surface area contributed by atoms with Gasteiger partial charge in [0.05, 0.1) is 36.2 Å². The summed E-state index contributed by atoms with van der Waals surface area (Å²) in [4.78, 5) is 19.8. The van der Waals surface area contributed by atoms with Gasteiger partial charge in [0, 0.05) is 0 Å². The van der Waals surface area contributed by atoms with E-state index in [4.69, 9.17) is 16.3 Å². The van der Waals surface area contributed by atoms with Gasteiger partial charge in [0.25, 0.3) is 0 Å². The molecule has 0 aliphatic carbocycles. The van der Waals surface area contributed by atoms with Gasteiger partial charge in [0.1, 0.15) is 5.52 Å². The van der Waals surface area contributed by atoms with Crippen LogP contribution in [0.1, 0.15) is 10.4 Å². The first-order chi connectivity index (χ1) is 8.70. The molecule has 0 atom stereocenters. The van der Waals surface area contributed by atoms with Crippen LogP contribution in [0.4, 0.5) is 0 Å². The molecule has 0 N–H and O–H groups in total. The van der Waals surface area contributed by atoms with Crippen molar-refractivity contribution in [1.82, 2.24) is 14.4 Å². The van der Waals surface area contributed by atoms with Gasteiger partial charge >= 0.3 is 5.97 Å². The highest BCUT2D eigenvalue weighted by Crippen LogP contribution is 2.22. The number of carbonyl (C=O) groups is 1. The van der Waals surface area contributed by atoms with Crippen LogP contribution in [0.25, 0.3) is 16.6 Å². The first-order valence-electron chi connectivity index (χ1n) is 5.20. The van der Waals surface area contributed by atoms with Crippen molar-refractivity contribution in [2.45, 2.75) is 0 Å². The van der Waals surface area contributed by atoms with E-state index in [0.29, 0.717) is 21.7 Å². The number of fused-ring (bicyclic) bond motifs is 3. The number of hydrogen-bond acceptors (Lipinski definition) is 4. The quantitative estimate of drug-likeness (QED) is 0.631. The minimum Gasteiger partial charge on any atom is -0.465 e. The molecule has 3 aromatic rings. The summed E-state index contributed by atoms with van der Waals surface area (Å²) in [5.41, 5.74) is 2.61. The lowest BCUT2D eigenvalue weighted by Gasteiger charge is -2.05. The fourth-order valence-electron chi connectivity index (χ4n) is 1.86. The summed E-state index contributed by atoms with van der Waals surface area (Å²) in [6.07, 6.45) is 3.26. The molecule has 0 fully saturated rings. The van der Waals surface area contributed by atoms with E-state index in [1.165, 1.54) is 7.11 Å². The average molecular weight is 262 g/mol. The summed E-state index contributed by atoms with van der Waals surface area (Å²) in [7, 11) is 1.35. The SMILES string of the molecule is COC(=O)c1ccc2nc(Cl)c3cncn3c2c1. The molecule has 2 aromatic heterocycles. The first kappa shape index (κ1) is 11.0. The molecular weight excluding hydrogens is 254 g/mol. The molecule has 0 unspecified atom stereocenters. The van der Waals surface area contributed by atoms with Gasteiger partial charge in [-0.25, -0.2) is 14.8 Å². The lowest BCUT2D eigenvalue weighted by atomic mass is 10.2. The third-order valence-corrected chi connectivity index (χ3v) is 3.00. The second kappa shape index (κ2) is 3.96. The minimum absolute atomic E-state index is 0.380. The molecule has 90 valence electrons. The third kappa shape index (κ3) is 1.52. The molecule has 0 bridgehead atoms. The van der Waals surface area contributed by atoms with Crippen LogP contribution < -0.4 is 0 Å². The highest BCUT2D eigenvalue weighted by atomic mass is 35.5. The molecule has 0 aliphatic rings. The maximum atomic E-state index is 11.5. The Balaban J connectivity index is 2.38. The van der Waals surface area contributed by atoms with Gasteiger partial charge in [-0.1, -0.05) is 11.6 Å². The number of rotatable bonds is 1. The zero-order valence-electron chi connectivity index (χ0n) is 9.42. The number of carbonyl (C=O) groups excluding carboxylic acids is 1. The maximum Gasteiger partial charge on any atom is 0.337 e. The number of methoxy groups -OCH3 is 1. The lowest BCUT2D eigenvalue weighted by molar-refractivity contribution is 0.0601. The Kier molecular flexibility index (Phi) is 2.41. The van der Waals surface area contributed by atoms with E-state index >= 15 is 0 Å². The second-order valence-corrected chi connectivity index (χ2v) is 4.10. The van der Waals surface area contributed by atoms with Gasteiger partial charge in [0.15, 0.2) is 5.15 Å². The molecular formula is C12H8ClN3O2. The Morgan fingerprint density at radius 3 is 3.00 bits per heavy atom. The van der Waals surface area contributed by atoms with E-state index < -0.39 is 0 Å². The zero-order valence-corrected chi connectivity index (χ0v) is 10.2. The number of aromatic nitrogens is 3. The molecule has 0 radical (unpaired) electrons. The molecule has 2 heterocycles. The summed E-state index contributed by atoms with van der Waals surface area (Å²) >= 11 is 6.04. The van der Waals surface area contributed by atoms with E-state index in [1.807, 2.05) is 0 Å². The normalized spacial score (nSPS) is 11.0. The monoisotopic (exact) mass is 261 g/mol. The summed E-state index contributed by atoms with van der Waals surface area (Å²) in [5, 5.41) is 0.380. The Morgan fingerprint density at radius 2 is 2.22 bits per heavy atom. The molecule has 0 aliphatic heterocycles. The van der Waals surface area contributed by atoms with E-state index in [9.17, 15) is 4.79 Å². The van der Waals surface area contributed by atoms with Crippen molar-refractivity contribution in [1.29, 1.82) is 0 Å². The van der Waals surface area contributed by atoms with E-state index in [1.54, 1.807) is 35.1 Å². The van der Waals surface area contributed by atoms with Gasteiger partial charge in [-0.2, -0.15) is 0 Å². The fourth-order valence-corrected chi connectivity index (χ4v) is 2.09. The Morgan fingerprint density at radius 1 is 1.39 bits per heavy atom. The number of benzene rings is 1. The van der Waals surface area contributed by atoms with Gasteiger partial charge in [-0.05, 0) is 18.2 Å². The molecule has 6 heteroatoms. The van der Waals surface area contributed by atoms with E-state index in [0.717, 1.165) is 5.52 Å². The van der Waals surface area contributed by atoms with Crippen molar-refractivity contribution in [3.63, 3.8) is 0 Å². The molecule has 0 amide bonds. The summed E-state index contributed by atoms with van der Waals surface area (Å²) < 4.78 is 6.48. The van der Waals surface area contributed by atoms with Crippen LogP contribution in [0.5, 0.6) is 0 Å². The highest BCUT2D eigenvalue weighted by molar-refractivity contribution is 6.33. The Labute approximate surface area is 107 Å². The van der Waals surface area contributed by atoms with Crippen LogP contribution in [0.2, 0.25) is 5.15 Å². The molecule has 18 heavy (non-hydrogen) atoms. The van der Waals surface area contributed by atoms with Crippen molar-refractivity contribution in [3.8, 4) is 0 Å². The van der Waals surface area contributed by atoms with Crippen molar-refractivity contribution < 1.29 is 9.53 Å². The van der Waals surface area contributed by atoms with Crippen LogP contribution in [0.3, 0.4) is 0 Å². The summed E-state index contributed by atoms with van der Waals surface area (Å²) in [6.45, 7) is 0. The number of hydrogen-bond donors (Lipinski definition) is 0. The average Bonchev–Trinajstić information content (AvgIpc) is 2.88. The Bertz CT molecular complexity index is 766. The second-order valence-electron chi connectivity index (χ2n) is 3.75. The topological polar surface area (TPSA) is 56.5 Å². The maximum absolute atomic E-state index is 11.5. The fraction of sp³-hybridized carbons (Fsp3) is 0.0833. The smallest absolute Gasteiger partial charge is 0.337 e. The first-order valence-corrected chi connectivity index (χ1v) is 5.58. The summed E-state index contributed by atoms with van der Waals surface area (Å²) in [5.74, 6) is -0.389. The van der Waals surface area contributed by atoms with E-state index in [-0.39, 0.29) is 5.97 Å². The van der Waals surface area contributed by atoms with Crippen LogP contribution in [-0.2, 0) is 4.74 Å². The minimum atomic E-state index is -0.389. The van der Waals surface area contributed by atoms with Crippen molar-refractivity contribution in [2.75, 3.05) is 7.11 Å². The molecule has 3 rings (SSSR count). The van der Waals surface area contributed by atoms with Crippen LogP contribution in [0.15, 0.2) is 30.7 Å². The van der Waals surface area contributed by atoms with E-state index in [2.05, 4.69) is 9.97 Å². The number of nitrogens with zero attached hydrogens (tertiary/aromatic N) is 3. The summed E-state index contributed by atoms with van der Waals surface area (Å²) in [6, 6.07) is 5.09. The van der Waals surface area contributed by atoms with Crippen molar-refractivity contribution in [3.05, 3.63) is 41.4 Å². The standard InChI is InChI=1S/C12H8ClN3O2/c1-18-12(17)7-2-3-8-9(4-7)16-6-14-5-10(16)11(13)15-8/h2-6H,1H3. The molecule has 1 aromatic carbocycles. The molecule has 0 saturated carbocycles. The molecule has 0 spiro atoms. The lowest BCUT2D eigenvalue weighted by Crippen LogP contribution is -2.02.